The van der Waals surface area contributed by atoms with Crippen LogP contribution in [0.1, 0.15) is 24.5 Å². The molecule has 1 fully saturated rings. The van der Waals surface area contributed by atoms with Crippen molar-refractivity contribution in [3.05, 3.63) is 42.5 Å². The zero-order valence-corrected chi connectivity index (χ0v) is 13.7. The van der Waals surface area contributed by atoms with E-state index in [0.717, 1.165) is 19.4 Å². The fourth-order valence-electron chi connectivity index (χ4n) is 3.05. The van der Waals surface area contributed by atoms with E-state index in [4.69, 9.17) is 4.74 Å². The van der Waals surface area contributed by atoms with Crippen LogP contribution < -0.4 is 4.74 Å². The number of hydrogen-bond donors (Lipinski definition) is 1. The van der Waals surface area contributed by atoms with Crippen LogP contribution in [0.15, 0.2) is 36.9 Å². The van der Waals surface area contributed by atoms with E-state index in [2.05, 4.69) is 10.1 Å². The Labute approximate surface area is 140 Å². The third kappa shape index (κ3) is 3.73. The number of carbonyl (C=O) groups is 1. The molecule has 1 aromatic carbocycles. The number of aromatic nitrogens is 3. The Morgan fingerprint density at radius 2 is 2.21 bits per heavy atom. The van der Waals surface area contributed by atoms with Gasteiger partial charge < -0.3 is 14.7 Å². The molecule has 1 N–H and O–H groups in total. The minimum Gasteiger partial charge on any atom is -0.497 e. The number of benzene rings is 1. The van der Waals surface area contributed by atoms with Crippen LogP contribution >= 0.6 is 0 Å². The Morgan fingerprint density at radius 3 is 2.88 bits per heavy atom. The van der Waals surface area contributed by atoms with Gasteiger partial charge in [0.05, 0.1) is 7.11 Å². The number of amides is 1. The van der Waals surface area contributed by atoms with E-state index in [1.165, 1.54) is 6.33 Å². The van der Waals surface area contributed by atoms with Crippen LogP contribution in [-0.4, -0.2) is 50.9 Å². The molecular formula is C17H22N4O3. The molecular weight excluding hydrogens is 308 g/mol. The standard InChI is InChI=1S/C17H22N4O3/c1-24-15-4-2-3-14(9-15)16(22)17(23)20-7-5-13(6-8-20)10-21-12-18-11-19-21/h2-4,9,11-13,16,22H,5-8,10H2,1H3. The van der Waals surface area contributed by atoms with E-state index in [1.807, 2.05) is 4.68 Å². The minimum atomic E-state index is -1.15. The maximum atomic E-state index is 12.5. The Bertz CT molecular complexity index is 666. The molecule has 128 valence electrons. The van der Waals surface area contributed by atoms with Crippen LogP contribution in [0.2, 0.25) is 0 Å². The summed E-state index contributed by atoms with van der Waals surface area (Å²) in [5.41, 5.74) is 0.559. The van der Waals surface area contributed by atoms with Gasteiger partial charge in [0.25, 0.3) is 5.91 Å². The van der Waals surface area contributed by atoms with E-state index >= 15 is 0 Å². The molecule has 0 radical (unpaired) electrons. The molecule has 0 spiro atoms. The number of rotatable bonds is 5. The molecule has 1 amide bonds. The fraction of sp³-hybridized carbons (Fsp3) is 0.471. The lowest BCUT2D eigenvalue weighted by Gasteiger charge is -2.33. The zero-order valence-electron chi connectivity index (χ0n) is 13.7. The Morgan fingerprint density at radius 1 is 1.42 bits per heavy atom. The molecule has 1 aliphatic heterocycles. The number of hydrogen-bond acceptors (Lipinski definition) is 5. The van der Waals surface area contributed by atoms with Gasteiger partial charge in [-0.2, -0.15) is 5.10 Å². The van der Waals surface area contributed by atoms with Crippen LogP contribution in [0, 0.1) is 5.92 Å². The minimum absolute atomic E-state index is 0.248. The SMILES string of the molecule is COc1cccc(C(O)C(=O)N2CCC(Cn3cncn3)CC2)c1. The molecule has 0 bridgehead atoms. The number of aliphatic hydroxyl groups excluding tert-OH is 1. The maximum Gasteiger partial charge on any atom is 0.256 e. The van der Waals surface area contributed by atoms with Crippen molar-refractivity contribution < 1.29 is 14.6 Å². The second-order valence-corrected chi connectivity index (χ2v) is 6.07. The fourth-order valence-corrected chi connectivity index (χ4v) is 3.05. The van der Waals surface area contributed by atoms with Crippen LogP contribution in [0.4, 0.5) is 0 Å². The molecule has 0 saturated carbocycles. The highest BCUT2D eigenvalue weighted by Gasteiger charge is 2.28. The van der Waals surface area contributed by atoms with Crippen molar-refractivity contribution >= 4 is 5.91 Å². The lowest BCUT2D eigenvalue weighted by Crippen LogP contribution is -2.41. The molecule has 1 aliphatic rings. The van der Waals surface area contributed by atoms with E-state index in [9.17, 15) is 9.90 Å². The monoisotopic (exact) mass is 330 g/mol. The first-order chi connectivity index (χ1) is 11.7. The van der Waals surface area contributed by atoms with Gasteiger partial charge in [-0.05, 0) is 36.5 Å². The number of ether oxygens (including phenoxy) is 1. The van der Waals surface area contributed by atoms with Gasteiger partial charge in [-0.15, -0.1) is 0 Å². The van der Waals surface area contributed by atoms with Crippen molar-refractivity contribution in [2.24, 2.45) is 5.92 Å². The molecule has 1 aromatic heterocycles. The van der Waals surface area contributed by atoms with Gasteiger partial charge in [0.1, 0.15) is 18.4 Å². The smallest absolute Gasteiger partial charge is 0.256 e. The normalized spacial score (nSPS) is 16.8. The van der Waals surface area contributed by atoms with Crippen molar-refractivity contribution in [2.45, 2.75) is 25.5 Å². The molecule has 2 heterocycles. The highest BCUT2D eigenvalue weighted by Crippen LogP contribution is 2.24. The summed E-state index contributed by atoms with van der Waals surface area (Å²) in [6.07, 6.45) is 3.90. The number of methoxy groups -OCH3 is 1. The third-order valence-corrected chi connectivity index (χ3v) is 4.48. The van der Waals surface area contributed by atoms with E-state index in [1.54, 1.807) is 42.6 Å². The Hall–Kier alpha value is -2.41. The lowest BCUT2D eigenvalue weighted by atomic mass is 9.96. The van der Waals surface area contributed by atoms with Gasteiger partial charge in [0.15, 0.2) is 6.10 Å². The maximum absolute atomic E-state index is 12.5. The number of aliphatic hydroxyl groups is 1. The van der Waals surface area contributed by atoms with Crippen LogP contribution in [-0.2, 0) is 11.3 Å². The van der Waals surface area contributed by atoms with Gasteiger partial charge in [-0.1, -0.05) is 12.1 Å². The highest BCUT2D eigenvalue weighted by molar-refractivity contribution is 5.82. The summed E-state index contributed by atoms with van der Waals surface area (Å²) in [6.45, 7) is 2.12. The second-order valence-electron chi connectivity index (χ2n) is 6.07. The number of piperidine rings is 1. The molecule has 1 atom stereocenters. The van der Waals surface area contributed by atoms with Crippen molar-refractivity contribution in [3.63, 3.8) is 0 Å². The van der Waals surface area contributed by atoms with Gasteiger partial charge >= 0.3 is 0 Å². The van der Waals surface area contributed by atoms with Crippen LogP contribution in [0.25, 0.3) is 0 Å². The molecule has 2 aromatic rings. The van der Waals surface area contributed by atoms with Gasteiger partial charge in [0, 0.05) is 19.6 Å². The van der Waals surface area contributed by atoms with Gasteiger partial charge in [-0.25, -0.2) is 4.98 Å². The van der Waals surface area contributed by atoms with E-state index < -0.39 is 6.10 Å². The van der Waals surface area contributed by atoms with Crippen LogP contribution in [0.3, 0.4) is 0 Å². The van der Waals surface area contributed by atoms with Crippen molar-refractivity contribution in [1.82, 2.24) is 19.7 Å². The van der Waals surface area contributed by atoms with Crippen LogP contribution in [0.5, 0.6) is 5.75 Å². The number of carbonyl (C=O) groups excluding carboxylic acids is 1. The average molecular weight is 330 g/mol. The summed E-state index contributed by atoms with van der Waals surface area (Å²) < 4.78 is 6.97. The first-order valence-corrected chi connectivity index (χ1v) is 8.10. The first kappa shape index (κ1) is 16.4. The quantitative estimate of drug-likeness (QED) is 0.893. The predicted molar refractivity (Wildman–Crippen MR) is 87.3 cm³/mol. The lowest BCUT2D eigenvalue weighted by molar-refractivity contribution is -0.142. The molecule has 0 aliphatic carbocycles. The summed E-state index contributed by atoms with van der Waals surface area (Å²) >= 11 is 0. The van der Waals surface area contributed by atoms with E-state index in [0.29, 0.717) is 30.3 Å². The largest absolute Gasteiger partial charge is 0.497 e. The predicted octanol–water partition coefficient (Wildman–Crippen LogP) is 1.26. The molecule has 3 rings (SSSR count). The van der Waals surface area contributed by atoms with E-state index in [-0.39, 0.29) is 5.91 Å². The molecule has 7 nitrogen and oxygen atoms in total. The topological polar surface area (TPSA) is 80.5 Å². The summed E-state index contributed by atoms with van der Waals surface area (Å²) in [4.78, 5) is 18.2. The van der Waals surface area contributed by atoms with Crippen molar-refractivity contribution in [2.75, 3.05) is 20.2 Å². The van der Waals surface area contributed by atoms with Crippen molar-refractivity contribution in [3.8, 4) is 5.75 Å². The summed E-state index contributed by atoms with van der Waals surface area (Å²) in [7, 11) is 1.56. The molecule has 1 saturated heterocycles. The highest BCUT2D eigenvalue weighted by atomic mass is 16.5. The summed E-state index contributed by atoms with van der Waals surface area (Å²) in [5, 5.41) is 14.5. The Balaban J connectivity index is 1.56. The third-order valence-electron chi connectivity index (χ3n) is 4.48. The Kier molecular flexibility index (Phi) is 5.10. The average Bonchev–Trinajstić information content (AvgIpc) is 3.14. The van der Waals surface area contributed by atoms with Gasteiger partial charge in [0.2, 0.25) is 0 Å². The number of nitrogens with zero attached hydrogens (tertiary/aromatic N) is 4. The summed E-state index contributed by atoms with van der Waals surface area (Å²) in [6, 6.07) is 6.99. The van der Waals surface area contributed by atoms with Crippen molar-refractivity contribution in [1.29, 1.82) is 0 Å². The molecule has 1 unspecified atom stereocenters. The number of likely N-dealkylation sites (tertiary alicyclic amines) is 1. The molecule has 7 heteroatoms. The second kappa shape index (κ2) is 7.44. The summed E-state index contributed by atoms with van der Waals surface area (Å²) in [5.74, 6) is 0.859. The van der Waals surface area contributed by atoms with Gasteiger partial charge in [-0.3, -0.25) is 9.48 Å². The zero-order chi connectivity index (χ0) is 16.9. The molecule has 24 heavy (non-hydrogen) atoms. The first-order valence-electron chi connectivity index (χ1n) is 8.10.